The van der Waals surface area contributed by atoms with Crippen LogP contribution in [0, 0.1) is 0 Å². The zero-order chi connectivity index (χ0) is 16.7. The maximum absolute atomic E-state index is 12.2. The Morgan fingerprint density at radius 1 is 1.22 bits per heavy atom. The molecule has 122 valence electrons. The zero-order valence-electron chi connectivity index (χ0n) is 13.2. The number of hydrogen-bond donors (Lipinski definition) is 1. The fourth-order valence-electron chi connectivity index (χ4n) is 2.00. The first-order chi connectivity index (χ1) is 11.1. The lowest BCUT2D eigenvalue weighted by Crippen LogP contribution is -2.46. The molecule has 0 aliphatic carbocycles. The van der Waals surface area contributed by atoms with Gasteiger partial charge in [0.25, 0.3) is 5.91 Å². The van der Waals surface area contributed by atoms with Gasteiger partial charge in [-0.1, -0.05) is 24.3 Å². The molecule has 0 spiro atoms. The molecule has 2 rings (SSSR count). The van der Waals surface area contributed by atoms with E-state index in [0.717, 1.165) is 5.75 Å². The molecule has 0 saturated carbocycles. The van der Waals surface area contributed by atoms with Gasteiger partial charge in [-0.15, -0.1) is 11.3 Å². The SMILES string of the molecule is CC(NC(=O)c1cccs1)C(=O)N(C)CCOc1ccccc1. The molecule has 0 radical (unpaired) electrons. The molecule has 6 heteroatoms. The predicted molar refractivity (Wildman–Crippen MR) is 90.8 cm³/mol. The summed E-state index contributed by atoms with van der Waals surface area (Å²) < 4.78 is 5.57. The topological polar surface area (TPSA) is 58.6 Å². The van der Waals surface area contributed by atoms with Crippen LogP contribution < -0.4 is 10.1 Å². The molecule has 1 aromatic carbocycles. The maximum atomic E-state index is 12.2. The summed E-state index contributed by atoms with van der Waals surface area (Å²) in [5.74, 6) is 0.397. The summed E-state index contributed by atoms with van der Waals surface area (Å²) in [7, 11) is 1.70. The number of ether oxygens (including phenoxy) is 1. The zero-order valence-corrected chi connectivity index (χ0v) is 14.0. The molecule has 1 aromatic heterocycles. The molecular formula is C17H20N2O3S. The van der Waals surface area contributed by atoms with Crippen molar-refractivity contribution in [1.29, 1.82) is 0 Å². The van der Waals surface area contributed by atoms with E-state index in [9.17, 15) is 9.59 Å². The molecule has 1 heterocycles. The molecule has 2 amide bonds. The van der Waals surface area contributed by atoms with Crippen molar-refractivity contribution >= 4 is 23.2 Å². The Hall–Kier alpha value is -2.34. The number of nitrogens with one attached hydrogen (secondary N) is 1. The van der Waals surface area contributed by atoms with Crippen LogP contribution in [-0.2, 0) is 4.79 Å². The number of benzene rings is 1. The highest BCUT2D eigenvalue weighted by Crippen LogP contribution is 2.09. The summed E-state index contributed by atoms with van der Waals surface area (Å²) in [6.45, 7) is 2.53. The average Bonchev–Trinajstić information content (AvgIpc) is 3.09. The van der Waals surface area contributed by atoms with E-state index in [1.54, 1.807) is 31.0 Å². The average molecular weight is 332 g/mol. The normalized spacial score (nSPS) is 11.6. The largest absolute Gasteiger partial charge is 0.492 e. The lowest BCUT2D eigenvalue weighted by Gasteiger charge is -2.22. The monoisotopic (exact) mass is 332 g/mol. The number of carbonyl (C=O) groups is 2. The second-order valence-electron chi connectivity index (χ2n) is 5.09. The summed E-state index contributed by atoms with van der Waals surface area (Å²) >= 11 is 1.35. The van der Waals surface area contributed by atoms with Crippen molar-refractivity contribution < 1.29 is 14.3 Å². The molecule has 1 unspecified atom stereocenters. The van der Waals surface area contributed by atoms with Gasteiger partial charge in [-0.3, -0.25) is 9.59 Å². The molecule has 0 aliphatic heterocycles. The number of hydrogen-bond acceptors (Lipinski definition) is 4. The fraction of sp³-hybridized carbons (Fsp3) is 0.294. The lowest BCUT2D eigenvalue weighted by molar-refractivity contribution is -0.131. The van der Waals surface area contributed by atoms with Gasteiger partial charge in [0.2, 0.25) is 5.91 Å². The Balaban J connectivity index is 1.76. The number of likely N-dealkylation sites (N-methyl/N-ethyl adjacent to an activating group) is 1. The van der Waals surface area contributed by atoms with Gasteiger partial charge in [-0.25, -0.2) is 0 Å². The first kappa shape index (κ1) is 17.0. The van der Waals surface area contributed by atoms with Crippen LogP contribution in [0.5, 0.6) is 5.75 Å². The molecule has 1 N–H and O–H groups in total. The van der Waals surface area contributed by atoms with Crippen LogP contribution in [-0.4, -0.2) is 43.0 Å². The first-order valence-electron chi connectivity index (χ1n) is 7.35. The van der Waals surface area contributed by atoms with E-state index in [0.29, 0.717) is 18.0 Å². The van der Waals surface area contributed by atoms with Crippen LogP contribution in [0.4, 0.5) is 0 Å². The molecule has 0 saturated heterocycles. The van der Waals surface area contributed by atoms with Crippen molar-refractivity contribution in [3.63, 3.8) is 0 Å². The number of carbonyl (C=O) groups excluding carboxylic acids is 2. The van der Waals surface area contributed by atoms with E-state index in [4.69, 9.17) is 4.74 Å². The third-order valence-corrected chi connectivity index (χ3v) is 4.15. The smallest absolute Gasteiger partial charge is 0.261 e. The highest BCUT2D eigenvalue weighted by atomic mass is 32.1. The number of nitrogens with zero attached hydrogens (tertiary/aromatic N) is 1. The minimum absolute atomic E-state index is 0.147. The Morgan fingerprint density at radius 3 is 2.61 bits per heavy atom. The minimum Gasteiger partial charge on any atom is -0.492 e. The van der Waals surface area contributed by atoms with Crippen molar-refractivity contribution in [2.75, 3.05) is 20.2 Å². The van der Waals surface area contributed by atoms with Gasteiger partial charge in [0, 0.05) is 7.05 Å². The second-order valence-corrected chi connectivity index (χ2v) is 6.04. The van der Waals surface area contributed by atoms with Crippen LogP contribution in [0.2, 0.25) is 0 Å². The Labute approximate surface area is 139 Å². The first-order valence-corrected chi connectivity index (χ1v) is 8.23. The lowest BCUT2D eigenvalue weighted by atomic mass is 10.2. The summed E-state index contributed by atoms with van der Waals surface area (Å²) in [5, 5.41) is 4.54. The van der Waals surface area contributed by atoms with E-state index in [2.05, 4.69) is 5.32 Å². The van der Waals surface area contributed by atoms with E-state index in [1.165, 1.54) is 11.3 Å². The fourth-order valence-corrected chi connectivity index (χ4v) is 2.62. The molecule has 0 fully saturated rings. The minimum atomic E-state index is -0.577. The third kappa shape index (κ3) is 5.10. The number of amides is 2. The summed E-state index contributed by atoms with van der Waals surface area (Å²) in [6, 6.07) is 12.4. The highest BCUT2D eigenvalue weighted by Gasteiger charge is 2.20. The Bertz CT molecular complexity index is 629. The van der Waals surface area contributed by atoms with Gasteiger partial charge >= 0.3 is 0 Å². The Kier molecular flexibility index (Phi) is 6.17. The van der Waals surface area contributed by atoms with Crippen LogP contribution in [0.3, 0.4) is 0 Å². The van der Waals surface area contributed by atoms with Gasteiger partial charge in [0.1, 0.15) is 18.4 Å². The van der Waals surface area contributed by atoms with Crippen molar-refractivity contribution in [1.82, 2.24) is 10.2 Å². The highest BCUT2D eigenvalue weighted by molar-refractivity contribution is 7.12. The van der Waals surface area contributed by atoms with Crippen LogP contribution in [0.15, 0.2) is 47.8 Å². The van der Waals surface area contributed by atoms with E-state index in [1.807, 2.05) is 35.7 Å². The number of para-hydroxylation sites is 1. The van der Waals surface area contributed by atoms with E-state index < -0.39 is 6.04 Å². The van der Waals surface area contributed by atoms with Crippen LogP contribution in [0.25, 0.3) is 0 Å². The number of rotatable bonds is 7. The summed E-state index contributed by atoms with van der Waals surface area (Å²) in [4.78, 5) is 26.4. The molecule has 23 heavy (non-hydrogen) atoms. The van der Waals surface area contributed by atoms with Crippen molar-refractivity contribution in [2.45, 2.75) is 13.0 Å². The Morgan fingerprint density at radius 2 is 1.96 bits per heavy atom. The molecular weight excluding hydrogens is 312 g/mol. The standard InChI is InChI=1S/C17H20N2O3S/c1-13(18-16(20)15-9-6-12-23-15)17(21)19(2)10-11-22-14-7-4-3-5-8-14/h3-9,12-13H,10-11H2,1-2H3,(H,18,20). The molecule has 5 nitrogen and oxygen atoms in total. The maximum Gasteiger partial charge on any atom is 0.261 e. The summed E-state index contributed by atoms with van der Waals surface area (Å²) in [6.07, 6.45) is 0. The molecule has 0 bridgehead atoms. The van der Waals surface area contributed by atoms with Gasteiger partial charge in [0.05, 0.1) is 11.4 Å². The quantitative estimate of drug-likeness (QED) is 0.847. The number of thiophene rings is 1. The van der Waals surface area contributed by atoms with Crippen molar-refractivity contribution in [3.05, 3.63) is 52.7 Å². The van der Waals surface area contributed by atoms with Gasteiger partial charge in [0.15, 0.2) is 0 Å². The van der Waals surface area contributed by atoms with Gasteiger partial charge in [-0.2, -0.15) is 0 Å². The molecule has 0 aliphatic rings. The predicted octanol–water partition coefficient (Wildman–Crippen LogP) is 2.40. The van der Waals surface area contributed by atoms with Gasteiger partial charge < -0.3 is 15.0 Å². The van der Waals surface area contributed by atoms with E-state index in [-0.39, 0.29) is 11.8 Å². The summed E-state index contributed by atoms with van der Waals surface area (Å²) in [5.41, 5.74) is 0. The third-order valence-electron chi connectivity index (χ3n) is 3.28. The van der Waals surface area contributed by atoms with Crippen LogP contribution in [0.1, 0.15) is 16.6 Å². The van der Waals surface area contributed by atoms with E-state index >= 15 is 0 Å². The van der Waals surface area contributed by atoms with Crippen molar-refractivity contribution in [3.8, 4) is 5.75 Å². The molecule has 1 atom stereocenters. The van der Waals surface area contributed by atoms with Crippen molar-refractivity contribution in [2.24, 2.45) is 0 Å². The molecule has 2 aromatic rings. The van der Waals surface area contributed by atoms with Crippen LogP contribution >= 0.6 is 11.3 Å². The van der Waals surface area contributed by atoms with Gasteiger partial charge in [-0.05, 0) is 30.5 Å². The second kappa shape index (κ2) is 8.33.